The van der Waals surface area contributed by atoms with E-state index in [2.05, 4.69) is 10.4 Å². The van der Waals surface area contributed by atoms with Crippen molar-refractivity contribution >= 4 is 18.3 Å². The van der Waals surface area contributed by atoms with E-state index in [1.165, 1.54) is 16.2 Å². The maximum absolute atomic E-state index is 11.9. The quantitative estimate of drug-likeness (QED) is 0.696. The topological polar surface area (TPSA) is 65.0 Å². The van der Waals surface area contributed by atoms with E-state index in [1.807, 2.05) is 13.8 Å². The number of nitrogens with one attached hydrogen (secondary N) is 1. The van der Waals surface area contributed by atoms with Gasteiger partial charge in [0, 0.05) is 14.1 Å². The Bertz CT molecular complexity index is 338. The number of carbonyl (C=O) groups is 2. The van der Waals surface area contributed by atoms with Crippen LogP contribution in [0.3, 0.4) is 0 Å². The van der Waals surface area contributed by atoms with E-state index >= 15 is 0 Å². The molecule has 1 aliphatic heterocycles. The molecule has 1 rings (SSSR count). The van der Waals surface area contributed by atoms with E-state index in [1.54, 1.807) is 21.0 Å². The second-order valence-electron chi connectivity index (χ2n) is 4.53. The summed E-state index contributed by atoms with van der Waals surface area (Å²) in [5.74, 6) is -0.285. The van der Waals surface area contributed by atoms with Crippen molar-refractivity contribution in [3.8, 4) is 0 Å². The van der Waals surface area contributed by atoms with Gasteiger partial charge in [0.05, 0.1) is 0 Å². The van der Waals surface area contributed by atoms with Crippen LogP contribution in [-0.4, -0.2) is 47.8 Å². The number of hydrogen-bond acceptors (Lipinski definition) is 3. The Morgan fingerprint density at radius 3 is 2.56 bits per heavy atom. The second-order valence-corrected chi connectivity index (χ2v) is 4.53. The van der Waals surface area contributed by atoms with Crippen LogP contribution in [0.4, 0.5) is 4.79 Å². The molecule has 6 nitrogen and oxygen atoms in total. The van der Waals surface area contributed by atoms with Gasteiger partial charge in [-0.2, -0.15) is 0 Å². The SMILES string of the molecule is CC(C)C1(C)C(=O)N=CN1C(=O)NN(C)C. The van der Waals surface area contributed by atoms with E-state index in [0.29, 0.717) is 0 Å². The number of nitrogens with zero attached hydrogens (tertiary/aromatic N) is 3. The summed E-state index contributed by atoms with van der Waals surface area (Å²) in [6.45, 7) is 5.51. The van der Waals surface area contributed by atoms with E-state index in [-0.39, 0.29) is 17.9 Å². The van der Waals surface area contributed by atoms with Crippen molar-refractivity contribution in [2.75, 3.05) is 14.1 Å². The fraction of sp³-hybridized carbons (Fsp3) is 0.700. The number of carbonyl (C=O) groups excluding carboxylic acids is 2. The number of hydrazine groups is 1. The van der Waals surface area contributed by atoms with Crippen molar-refractivity contribution in [2.45, 2.75) is 26.3 Å². The highest BCUT2D eigenvalue weighted by Gasteiger charge is 2.48. The zero-order chi connectivity index (χ0) is 12.5. The van der Waals surface area contributed by atoms with Crippen molar-refractivity contribution in [3.05, 3.63) is 0 Å². The Morgan fingerprint density at radius 1 is 1.56 bits per heavy atom. The van der Waals surface area contributed by atoms with Gasteiger partial charge < -0.3 is 0 Å². The zero-order valence-corrected chi connectivity index (χ0v) is 10.3. The molecule has 0 saturated carbocycles. The van der Waals surface area contributed by atoms with Gasteiger partial charge in [0.2, 0.25) is 0 Å². The maximum atomic E-state index is 11.9. The average molecular weight is 226 g/mol. The molecular formula is C10H18N4O2. The third-order valence-corrected chi connectivity index (χ3v) is 2.89. The molecule has 0 aromatic heterocycles. The molecule has 0 fully saturated rings. The summed E-state index contributed by atoms with van der Waals surface area (Å²) in [4.78, 5) is 28.6. The number of hydrogen-bond donors (Lipinski definition) is 1. The third-order valence-electron chi connectivity index (χ3n) is 2.89. The van der Waals surface area contributed by atoms with Crippen LogP contribution in [0.15, 0.2) is 4.99 Å². The standard InChI is InChI=1S/C10H18N4O2/c1-7(2)10(3)8(15)11-6-14(10)9(16)12-13(4)5/h6-7H,1-5H3,(H,12,16). The highest BCUT2D eigenvalue weighted by atomic mass is 16.2. The molecule has 1 unspecified atom stereocenters. The van der Waals surface area contributed by atoms with Crippen molar-refractivity contribution in [1.82, 2.24) is 15.3 Å². The third kappa shape index (κ3) is 1.92. The zero-order valence-electron chi connectivity index (χ0n) is 10.3. The fourth-order valence-electron chi connectivity index (χ4n) is 1.50. The molecule has 1 atom stereocenters. The molecule has 0 bridgehead atoms. The van der Waals surface area contributed by atoms with Gasteiger partial charge in [-0.3, -0.25) is 15.1 Å². The highest BCUT2D eigenvalue weighted by molar-refractivity contribution is 6.05. The van der Waals surface area contributed by atoms with Crippen LogP contribution in [0.5, 0.6) is 0 Å². The predicted octanol–water partition coefficient (Wildman–Crippen LogP) is 0.458. The van der Waals surface area contributed by atoms with Crippen LogP contribution in [0.1, 0.15) is 20.8 Å². The molecule has 0 saturated heterocycles. The van der Waals surface area contributed by atoms with Gasteiger partial charge in [0.25, 0.3) is 5.91 Å². The lowest BCUT2D eigenvalue weighted by atomic mass is 9.87. The second kappa shape index (κ2) is 4.21. The average Bonchev–Trinajstić information content (AvgIpc) is 2.43. The first kappa shape index (κ1) is 12.6. The van der Waals surface area contributed by atoms with Gasteiger partial charge in [-0.15, -0.1) is 0 Å². The molecule has 1 N–H and O–H groups in total. The Balaban J connectivity index is 2.92. The minimum Gasteiger partial charge on any atom is -0.271 e. The molecule has 0 aromatic rings. The summed E-state index contributed by atoms with van der Waals surface area (Å²) in [6, 6.07) is -0.351. The fourth-order valence-corrected chi connectivity index (χ4v) is 1.50. The van der Waals surface area contributed by atoms with Crippen LogP contribution in [-0.2, 0) is 4.79 Å². The summed E-state index contributed by atoms with van der Waals surface area (Å²) in [5, 5.41) is 1.53. The lowest BCUT2D eigenvalue weighted by Gasteiger charge is -2.35. The van der Waals surface area contributed by atoms with Gasteiger partial charge >= 0.3 is 6.03 Å². The molecule has 1 aliphatic rings. The van der Waals surface area contributed by atoms with Crippen LogP contribution < -0.4 is 5.43 Å². The van der Waals surface area contributed by atoms with E-state index in [0.717, 1.165) is 0 Å². The van der Waals surface area contributed by atoms with Crippen LogP contribution >= 0.6 is 0 Å². The van der Waals surface area contributed by atoms with Gasteiger partial charge in [-0.25, -0.2) is 14.8 Å². The molecule has 3 amide bonds. The molecule has 90 valence electrons. The van der Waals surface area contributed by atoms with Crippen molar-refractivity contribution in [3.63, 3.8) is 0 Å². The summed E-state index contributed by atoms with van der Waals surface area (Å²) in [6.07, 6.45) is 1.29. The molecule has 1 heterocycles. The summed E-state index contributed by atoms with van der Waals surface area (Å²) in [7, 11) is 3.42. The maximum Gasteiger partial charge on any atom is 0.338 e. The molecule has 0 aliphatic carbocycles. The van der Waals surface area contributed by atoms with Crippen molar-refractivity contribution in [2.24, 2.45) is 10.9 Å². The Morgan fingerprint density at radius 2 is 2.12 bits per heavy atom. The Hall–Kier alpha value is -1.43. The van der Waals surface area contributed by atoms with Crippen LogP contribution in [0, 0.1) is 5.92 Å². The Kier molecular flexibility index (Phi) is 3.32. The number of urea groups is 1. The molecule has 0 radical (unpaired) electrons. The van der Waals surface area contributed by atoms with Gasteiger partial charge in [0.1, 0.15) is 11.9 Å². The molecular weight excluding hydrogens is 208 g/mol. The monoisotopic (exact) mass is 226 g/mol. The minimum absolute atomic E-state index is 0.00425. The predicted molar refractivity (Wildman–Crippen MR) is 60.8 cm³/mol. The first-order chi connectivity index (χ1) is 7.30. The molecule has 0 aromatic carbocycles. The number of aliphatic imine (C=N–C) groups is 1. The van der Waals surface area contributed by atoms with E-state index in [9.17, 15) is 9.59 Å². The normalized spacial score (nSPS) is 24.7. The van der Waals surface area contributed by atoms with Gasteiger partial charge in [-0.1, -0.05) is 13.8 Å². The first-order valence-corrected chi connectivity index (χ1v) is 5.16. The summed E-state index contributed by atoms with van der Waals surface area (Å²) >= 11 is 0. The molecule has 16 heavy (non-hydrogen) atoms. The molecule has 6 heteroatoms. The van der Waals surface area contributed by atoms with Gasteiger partial charge in [0.15, 0.2) is 0 Å². The number of rotatable bonds is 2. The number of amides is 3. The van der Waals surface area contributed by atoms with Crippen molar-refractivity contribution < 1.29 is 9.59 Å². The summed E-state index contributed by atoms with van der Waals surface area (Å²) < 4.78 is 0. The highest BCUT2D eigenvalue weighted by Crippen LogP contribution is 2.29. The van der Waals surface area contributed by atoms with E-state index < -0.39 is 5.54 Å². The Labute approximate surface area is 95.3 Å². The van der Waals surface area contributed by atoms with E-state index in [4.69, 9.17) is 0 Å². The first-order valence-electron chi connectivity index (χ1n) is 5.16. The van der Waals surface area contributed by atoms with Crippen molar-refractivity contribution in [1.29, 1.82) is 0 Å². The minimum atomic E-state index is -0.889. The lowest BCUT2D eigenvalue weighted by Crippen LogP contribution is -2.57. The van der Waals surface area contributed by atoms with Crippen LogP contribution in [0.25, 0.3) is 0 Å². The lowest BCUT2D eigenvalue weighted by molar-refractivity contribution is -0.126. The van der Waals surface area contributed by atoms with Gasteiger partial charge in [-0.05, 0) is 12.8 Å². The largest absolute Gasteiger partial charge is 0.338 e. The molecule has 0 spiro atoms. The smallest absolute Gasteiger partial charge is 0.271 e. The summed E-state index contributed by atoms with van der Waals surface area (Å²) in [5.41, 5.74) is 1.70. The van der Waals surface area contributed by atoms with Crippen LogP contribution in [0.2, 0.25) is 0 Å².